The van der Waals surface area contributed by atoms with Crippen LogP contribution < -0.4 is 4.74 Å². The molecule has 3 heteroatoms. The second kappa shape index (κ2) is 6.39. The lowest BCUT2D eigenvalue weighted by atomic mass is 10.0. The maximum atomic E-state index is 13.1. The van der Waals surface area contributed by atoms with Crippen LogP contribution in [-0.4, -0.2) is 4.98 Å². The molecule has 1 heterocycles. The van der Waals surface area contributed by atoms with Crippen molar-refractivity contribution in [1.29, 1.82) is 0 Å². The van der Waals surface area contributed by atoms with Crippen LogP contribution in [0.5, 0.6) is 5.75 Å². The Morgan fingerprint density at radius 1 is 0.955 bits per heavy atom. The first-order valence-electron chi connectivity index (χ1n) is 7.10. The van der Waals surface area contributed by atoms with Crippen molar-refractivity contribution in [3.63, 3.8) is 0 Å². The van der Waals surface area contributed by atoms with Gasteiger partial charge in [0.2, 0.25) is 0 Å². The monoisotopic (exact) mass is 293 g/mol. The molecule has 0 amide bonds. The van der Waals surface area contributed by atoms with Gasteiger partial charge in [0.1, 0.15) is 18.2 Å². The van der Waals surface area contributed by atoms with Gasteiger partial charge in [-0.05, 0) is 30.7 Å². The first-order chi connectivity index (χ1) is 10.7. The Morgan fingerprint density at radius 2 is 1.77 bits per heavy atom. The van der Waals surface area contributed by atoms with Gasteiger partial charge in [-0.1, -0.05) is 35.9 Å². The molecule has 0 atom stereocenters. The molecule has 1 aromatic heterocycles. The number of hydrogen-bond acceptors (Lipinski definition) is 2. The zero-order chi connectivity index (χ0) is 15.4. The zero-order valence-electron chi connectivity index (χ0n) is 12.3. The van der Waals surface area contributed by atoms with Crippen LogP contribution in [0.15, 0.2) is 67.0 Å². The summed E-state index contributed by atoms with van der Waals surface area (Å²) in [5.41, 5.74) is 4.33. The van der Waals surface area contributed by atoms with Crippen molar-refractivity contribution in [1.82, 2.24) is 4.98 Å². The van der Waals surface area contributed by atoms with Gasteiger partial charge in [-0.3, -0.25) is 4.98 Å². The van der Waals surface area contributed by atoms with Crippen LogP contribution in [0, 0.1) is 12.7 Å². The lowest BCUT2D eigenvalue weighted by molar-refractivity contribution is 0.304. The molecule has 2 nitrogen and oxygen atoms in total. The number of benzene rings is 2. The number of pyridine rings is 1. The number of halogens is 1. The van der Waals surface area contributed by atoms with Crippen LogP contribution in [0.25, 0.3) is 11.1 Å². The summed E-state index contributed by atoms with van der Waals surface area (Å²) in [5, 5.41) is 0. The van der Waals surface area contributed by atoms with Gasteiger partial charge < -0.3 is 4.74 Å². The van der Waals surface area contributed by atoms with Crippen molar-refractivity contribution >= 4 is 0 Å². The summed E-state index contributed by atoms with van der Waals surface area (Å²) in [6.45, 7) is 2.42. The molecule has 0 aliphatic rings. The highest BCUT2D eigenvalue weighted by Gasteiger charge is 2.02. The fourth-order valence-corrected chi connectivity index (χ4v) is 2.19. The van der Waals surface area contributed by atoms with E-state index in [-0.39, 0.29) is 5.82 Å². The number of aryl methyl sites for hydroxylation is 1. The fourth-order valence-electron chi connectivity index (χ4n) is 2.19. The number of ether oxygens (including phenoxy) is 1. The van der Waals surface area contributed by atoms with E-state index in [1.807, 2.05) is 12.3 Å². The molecule has 0 bridgehead atoms. The molecule has 2 aromatic carbocycles. The van der Waals surface area contributed by atoms with Crippen molar-refractivity contribution in [2.24, 2.45) is 0 Å². The smallest absolute Gasteiger partial charge is 0.126 e. The van der Waals surface area contributed by atoms with Gasteiger partial charge in [0.05, 0.1) is 0 Å². The third-order valence-electron chi connectivity index (χ3n) is 3.38. The molecule has 0 N–H and O–H groups in total. The summed E-state index contributed by atoms with van der Waals surface area (Å²) in [5.74, 6) is 0.213. The van der Waals surface area contributed by atoms with Crippen molar-refractivity contribution in [2.75, 3.05) is 0 Å². The van der Waals surface area contributed by atoms with Crippen LogP contribution >= 0.6 is 0 Å². The van der Waals surface area contributed by atoms with E-state index in [1.165, 1.54) is 17.7 Å². The average molecular weight is 293 g/mol. The molecular formula is C19H16FNO. The topological polar surface area (TPSA) is 22.1 Å². The van der Waals surface area contributed by atoms with Gasteiger partial charge in [0.15, 0.2) is 0 Å². The van der Waals surface area contributed by atoms with Crippen LogP contribution in [0.3, 0.4) is 0 Å². The van der Waals surface area contributed by atoms with E-state index in [4.69, 9.17) is 4.74 Å². The molecule has 0 aliphatic carbocycles. The van der Waals surface area contributed by atoms with E-state index in [0.717, 1.165) is 16.7 Å². The number of aromatic nitrogens is 1. The van der Waals surface area contributed by atoms with Gasteiger partial charge in [-0.15, -0.1) is 0 Å². The molecule has 22 heavy (non-hydrogen) atoms. The van der Waals surface area contributed by atoms with E-state index in [2.05, 4.69) is 36.2 Å². The summed E-state index contributed by atoms with van der Waals surface area (Å²) in [6.07, 6.45) is 3.59. The van der Waals surface area contributed by atoms with Gasteiger partial charge in [-0.25, -0.2) is 4.39 Å². The fraction of sp³-hybridized carbons (Fsp3) is 0.105. The minimum absolute atomic E-state index is 0.302. The predicted molar refractivity (Wildman–Crippen MR) is 85.1 cm³/mol. The minimum Gasteiger partial charge on any atom is -0.489 e. The van der Waals surface area contributed by atoms with Crippen LogP contribution in [0.2, 0.25) is 0 Å². The maximum Gasteiger partial charge on any atom is 0.126 e. The first-order valence-corrected chi connectivity index (χ1v) is 7.10. The van der Waals surface area contributed by atoms with Gasteiger partial charge >= 0.3 is 0 Å². The van der Waals surface area contributed by atoms with Crippen LogP contribution in [0.4, 0.5) is 4.39 Å². The molecule has 3 aromatic rings. The highest BCUT2D eigenvalue weighted by atomic mass is 19.1. The largest absolute Gasteiger partial charge is 0.489 e. The molecule has 0 unspecified atom stereocenters. The summed E-state index contributed by atoms with van der Waals surface area (Å²) in [6, 6.07) is 16.5. The molecule has 0 saturated heterocycles. The predicted octanol–water partition coefficient (Wildman–Crippen LogP) is 4.78. The minimum atomic E-state index is -0.302. The molecule has 3 rings (SSSR count). The van der Waals surface area contributed by atoms with Crippen molar-refractivity contribution in [3.8, 4) is 16.9 Å². The third kappa shape index (κ3) is 3.50. The molecule has 0 aliphatic heterocycles. The maximum absolute atomic E-state index is 13.1. The quantitative estimate of drug-likeness (QED) is 0.691. The number of nitrogens with zero attached hydrogens (tertiary/aromatic N) is 1. The average Bonchev–Trinajstić information content (AvgIpc) is 2.54. The summed E-state index contributed by atoms with van der Waals surface area (Å²) >= 11 is 0. The Kier molecular flexibility index (Phi) is 4.15. The molecule has 110 valence electrons. The summed E-state index contributed by atoms with van der Waals surface area (Å²) in [7, 11) is 0. The SMILES string of the molecule is Cc1ccc(-c2cncc(COc3cccc(F)c3)c2)cc1. The van der Waals surface area contributed by atoms with E-state index < -0.39 is 0 Å². The molecule has 0 radical (unpaired) electrons. The number of hydrogen-bond donors (Lipinski definition) is 0. The van der Waals surface area contributed by atoms with Gasteiger partial charge in [0, 0.05) is 29.6 Å². The lowest BCUT2D eigenvalue weighted by Gasteiger charge is -2.08. The Labute approximate surface area is 129 Å². The molecule has 0 saturated carbocycles. The van der Waals surface area contributed by atoms with E-state index in [1.54, 1.807) is 18.3 Å². The van der Waals surface area contributed by atoms with E-state index in [9.17, 15) is 4.39 Å². The van der Waals surface area contributed by atoms with Crippen molar-refractivity contribution in [2.45, 2.75) is 13.5 Å². The molecular weight excluding hydrogens is 277 g/mol. The Hall–Kier alpha value is -2.68. The van der Waals surface area contributed by atoms with Gasteiger partial charge in [-0.2, -0.15) is 0 Å². The highest BCUT2D eigenvalue weighted by molar-refractivity contribution is 5.63. The Balaban J connectivity index is 1.75. The second-order valence-electron chi connectivity index (χ2n) is 5.19. The van der Waals surface area contributed by atoms with Crippen molar-refractivity contribution < 1.29 is 9.13 Å². The van der Waals surface area contributed by atoms with E-state index >= 15 is 0 Å². The van der Waals surface area contributed by atoms with Crippen LogP contribution in [-0.2, 0) is 6.61 Å². The van der Waals surface area contributed by atoms with Gasteiger partial charge in [0.25, 0.3) is 0 Å². The van der Waals surface area contributed by atoms with Crippen LogP contribution in [0.1, 0.15) is 11.1 Å². The van der Waals surface area contributed by atoms with Crippen molar-refractivity contribution in [3.05, 3.63) is 83.9 Å². The second-order valence-corrected chi connectivity index (χ2v) is 5.19. The standard InChI is InChI=1S/C19H16FNO/c1-14-5-7-16(8-6-14)17-9-15(11-21-12-17)13-22-19-4-2-3-18(20)10-19/h2-12H,13H2,1H3. The summed E-state index contributed by atoms with van der Waals surface area (Å²) in [4.78, 5) is 4.26. The Bertz CT molecular complexity index is 768. The first kappa shape index (κ1) is 14.3. The number of rotatable bonds is 4. The Morgan fingerprint density at radius 3 is 2.55 bits per heavy atom. The normalized spacial score (nSPS) is 10.5. The summed E-state index contributed by atoms with van der Waals surface area (Å²) < 4.78 is 18.7. The third-order valence-corrected chi connectivity index (χ3v) is 3.38. The zero-order valence-corrected chi connectivity index (χ0v) is 12.3. The lowest BCUT2D eigenvalue weighted by Crippen LogP contribution is -1.97. The molecule has 0 fully saturated rings. The van der Waals surface area contributed by atoms with E-state index in [0.29, 0.717) is 12.4 Å². The molecule has 0 spiro atoms. The highest BCUT2D eigenvalue weighted by Crippen LogP contribution is 2.21.